The number of halogens is 2. The van der Waals surface area contributed by atoms with Crippen LogP contribution in [-0.2, 0) is 27.2 Å². The molecule has 2 atom stereocenters. The van der Waals surface area contributed by atoms with Gasteiger partial charge in [0.15, 0.2) is 0 Å². The highest BCUT2D eigenvalue weighted by atomic mass is 127. The Balaban J connectivity index is 2.14. The molecule has 2 aromatic carbocycles. The highest BCUT2D eigenvalue weighted by Gasteiger charge is 2.25. The summed E-state index contributed by atoms with van der Waals surface area (Å²) in [6.45, 7) is 1.28. The zero-order valence-electron chi connectivity index (χ0n) is 15.2. The molecule has 6 nitrogen and oxygen atoms in total. The SMILES string of the molecule is CC(=O)N[C@H](Cc1cccc(F)c1)C(=O)N[C@@H](Cc1cccc(I)c1)C(N)=O. The van der Waals surface area contributed by atoms with Crippen molar-refractivity contribution < 1.29 is 18.8 Å². The summed E-state index contributed by atoms with van der Waals surface area (Å²) in [5.74, 6) is -2.09. The second-order valence-electron chi connectivity index (χ2n) is 6.38. The van der Waals surface area contributed by atoms with Gasteiger partial charge in [-0.05, 0) is 58.0 Å². The molecule has 2 rings (SSSR count). The first-order valence-corrected chi connectivity index (χ1v) is 9.68. The minimum atomic E-state index is -0.961. The number of carbonyl (C=O) groups is 3. The number of hydrogen-bond acceptors (Lipinski definition) is 3. The molecule has 4 N–H and O–H groups in total. The van der Waals surface area contributed by atoms with E-state index in [9.17, 15) is 18.8 Å². The second-order valence-corrected chi connectivity index (χ2v) is 7.63. The summed E-state index contributed by atoms with van der Waals surface area (Å²) in [5.41, 5.74) is 6.84. The highest BCUT2D eigenvalue weighted by molar-refractivity contribution is 14.1. The lowest BCUT2D eigenvalue weighted by Crippen LogP contribution is -2.54. The van der Waals surface area contributed by atoms with Crippen LogP contribution in [0.15, 0.2) is 48.5 Å². The summed E-state index contributed by atoms with van der Waals surface area (Å²) in [6, 6.07) is 11.4. The lowest BCUT2D eigenvalue weighted by molar-refractivity contribution is -0.130. The normalized spacial score (nSPS) is 12.7. The zero-order valence-corrected chi connectivity index (χ0v) is 17.4. The molecule has 0 radical (unpaired) electrons. The number of primary amides is 1. The average Bonchev–Trinajstić information content (AvgIpc) is 2.60. The van der Waals surface area contributed by atoms with Crippen LogP contribution in [0.25, 0.3) is 0 Å². The van der Waals surface area contributed by atoms with Crippen LogP contribution in [0.1, 0.15) is 18.1 Å². The summed E-state index contributed by atoms with van der Waals surface area (Å²) in [5, 5.41) is 5.14. The van der Waals surface area contributed by atoms with Crippen LogP contribution in [-0.4, -0.2) is 29.8 Å². The van der Waals surface area contributed by atoms with E-state index in [2.05, 4.69) is 33.2 Å². The molecule has 0 spiro atoms. The summed E-state index contributed by atoms with van der Waals surface area (Å²) < 4.78 is 14.4. The van der Waals surface area contributed by atoms with Crippen LogP contribution in [0.3, 0.4) is 0 Å². The fraction of sp³-hybridized carbons (Fsp3) is 0.250. The predicted octanol–water partition coefficient (Wildman–Crippen LogP) is 1.69. The number of benzene rings is 2. The third-order valence-electron chi connectivity index (χ3n) is 4.01. The van der Waals surface area contributed by atoms with Crippen molar-refractivity contribution in [2.24, 2.45) is 5.73 Å². The Kier molecular flexibility index (Phi) is 7.91. The monoisotopic (exact) mass is 497 g/mol. The Morgan fingerprint density at radius 3 is 2.18 bits per heavy atom. The van der Waals surface area contributed by atoms with Crippen LogP contribution in [0.2, 0.25) is 0 Å². The van der Waals surface area contributed by atoms with Gasteiger partial charge in [-0.1, -0.05) is 24.3 Å². The molecule has 0 bridgehead atoms. The van der Waals surface area contributed by atoms with E-state index >= 15 is 0 Å². The maximum absolute atomic E-state index is 13.4. The molecule has 0 heterocycles. The number of nitrogens with one attached hydrogen (secondary N) is 2. The van der Waals surface area contributed by atoms with Crippen molar-refractivity contribution >= 4 is 40.3 Å². The Morgan fingerprint density at radius 1 is 1.00 bits per heavy atom. The molecule has 0 saturated heterocycles. The fourth-order valence-electron chi connectivity index (χ4n) is 2.75. The predicted molar refractivity (Wildman–Crippen MR) is 112 cm³/mol. The first-order chi connectivity index (χ1) is 13.2. The largest absolute Gasteiger partial charge is 0.368 e. The van der Waals surface area contributed by atoms with Crippen molar-refractivity contribution in [1.29, 1.82) is 0 Å². The topological polar surface area (TPSA) is 101 Å². The fourth-order valence-corrected chi connectivity index (χ4v) is 3.36. The van der Waals surface area contributed by atoms with Gasteiger partial charge < -0.3 is 16.4 Å². The minimum absolute atomic E-state index is 0.0812. The second kappa shape index (κ2) is 10.2. The summed E-state index contributed by atoms with van der Waals surface area (Å²) in [7, 11) is 0. The minimum Gasteiger partial charge on any atom is -0.368 e. The molecule has 0 aliphatic rings. The van der Waals surface area contributed by atoms with Crippen LogP contribution < -0.4 is 16.4 Å². The van der Waals surface area contributed by atoms with Crippen molar-refractivity contribution in [3.63, 3.8) is 0 Å². The number of amides is 3. The van der Waals surface area contributed by atoms with E-state index in [1.165, 1.54) is 25.1 Å². The number of carbonyl (C=O) groups excluding carboxylic acids is 3. The highest BCUT2D eigenvalue weighted by Crippen LogP contribution is 2.11. The molecule has 0 aromatic heterocycles. The molecule has 0 unspecified atom stereocenters. The van der Waals surface area contributed by atoms with E-state index in [0.717, 1.165) is 9.13 Å². The standard InChI is InChI=1S/C20H21FIN3O3/c1-12(26)24-18(11-13-4-2-6-15(21)8-13)20(28)25-17(19(23)27)10-14-5-3-7-16(22)9-14/h2-9,17-18H,10-11H2,1H3,(H2,23,27)(H,24,26)(H,25,28)/t17-,18+/m0/s1. The van der Waals surface area contributed by atoms with E-state index in [1.54, 1.807) is 6.07 Å². The van der Waals surface area contributed by atoms with Crippen molar-refractivity contribution in [2.75, 3.05) is 0 Å². The Morgan fingerprint density at radius 2 is 1.61 bits per heavy atom. The van der Waals surface area contributed by atoms with Gasteiger partial charge in [-0.2, -0.15) is 0 Å². The Hall–Kier alpha value is -2.49. The Bertz CT molecular complexity index is 875. The Labute approximate surface area is 176 Å². The van der Waals surface area contributed by atoms with E-state index < -0.39 is 35.6 Å². The van der Waals surface area contributed by atoms with E-state index in [1.807, 2.05) is 24.3 Å². The molecule has 3 amide bonds. The molecular formula is C20H21FIN3O3. The van der Waals surface area contributed by atoms with Crippen molar-refractivity contribution in [3.05, 3.63) is 69.0 Å². The van der Waals surface area contributed by atoms with Gasteiger partial charge in [0.25, 0.3) is 0 Å². The van der Waals surface area contributed by atoms with E-state index in [-0.39, 0.29) is 12.8 Å². The molecule has 0 fully saturated rings. The number of nitrogens with two attached hydrogens (primary N) is 1. The third-order valence-corrected chi connectivity index (χ3v) is 4.68. The average molecular weight is 497 g/mol. The lowest BCUT2D eigenvalue weighted by atomic mass is 10.0. The van der Waals surface area contributed by atoms with Crippen molar-refractivity contribution in [2.45, 2.75) is 31.8 Å². The summed E-state index contributed by atoms with van der Waals surface area (Å²) >= 11 is 2.15. The zero-order chi connectivity index (χ0) is 20.7. The first kappa shape index (κ1) is 21.8. The number of rotatable bonds is 8. The van der Waals surface area contributed by atoms with Gasteiger partial charge in [0, 0.05) is 23.3 Å². The van der Waals surface area contributed by atoms with Crippen LogP contribution >= 0.6 is 22.6 Å². The molecule has 148 valence electrons. The van der Waals surface area contributed by atoms with Crippen LogP contribution in [0.4, 0.5) is 4.39 Å². The molecule has 0 aliphatic carbocycles. The van der Waals surface area contributed by atoms with Crippen LogP contribution in [0, 0.1) is 9.39 Å². The molecular weight excluding hydrogens is 476 g/mol. The van der Waals surface area contributed by atoms with Crippen LogP contribution in [0.5, 0.6) is 0 Å². The van der Waals surface area contributed by atoms with Crippen molar-refractivity contribution in [1.82, 2.24) is 10.6 Å². The first-order valence-electron chi connectivity index (χ1n) is 8.60. The molecule has 0 saturated carbocycles. The van der Waals surface area contributed by atoms with Gasteiger partial charge in [0.1, 0.15) is 17.9 Å². The third kappa shape index (κ3) is 6.91. The quantitative estimate of drug-likeness (QED) is 0.484. The van der Waals surface area contributed by atoms with Gasteiger partial charge in [0.05, 0.1) is 0 Å². The van der Waals surface area contributed by atoms with Gasteiger partial charge in [-0.25, -0.2) is 4.39 Å². The van der Waals surface area contributed by atoms with Gasteiger partial charge in [0.2, 0.25) is 17.7 Å². The molecule has 0 aliphatic heterocycles. The van der Waals surface area contributed by atoms with E-state index in [4.69, 9.17) is 5.73 Å². The van der Waals surface area contributed by atoms with Gasteiger partial charge in [-0.3, -0.25) is 14.4 Å². The smallest absolute Gasteiger partial charge is 0.243 e. The van der Waals surface area contributed by atoms with Gasteiger partial charge >= 0.3 is 0 Å². The van der Waals surface area contributed by atoms with Gasteiger partial charge in [-0.15, -0.1) is 0 Å². The molecule has 28 heavy (non-hydrogen) atoms. The lowest BCUT2D eigenvalue weighted by Gasteiger charge is -2.22. The van der Waals surface area contributed by atoms with E-state index in [0.29, 0.717) is 5.56 Å². The molecule has 8 heteroatoms. The maximum Gasteiger partial charge on any atom is 0.243 e. The summed E-state index contributed by atoms with van der Waals surface area (Å²) in [4.78, 5) is 36.1. The van der Waals surface area contributed by atoms with Crippen molar-refractivity contribution in [3.8, 4) is 0 Å². The maximum atomic E-state index is 13.4. The summed E-state index contributed by atoms with van der Waals surface area (Å²) in [6.07, 6.45) is 0.308. The number of hydrogen-bond donors (Lipinski definition) is 3. The molecule has 2 aromatic rings.